The second-order valence-corrected chi connectivity index (χ2v) is 5.14. The molecule has 0 saturated carbocycles. The topological polar surface area (TPSA) is 118 Å². The minimum absolute atomic E-state index is 0.0416. The molecule has 94 valence electrons. The lowest BCUT2D eigenvalue weighted by Crippen LogP contribution is -2.12. The molecular formula is C11H9NO5S. The molecule has 2 rings (SSSR count). The zero-order valence-corrected chi connectivity index (χ0v) is 9.81. The first-order valence-corrected chi connectivity index (χ1v) is 6.27. The molecule has 7 heteroatoms. The number of hydrogen-bond donors (Lipinski definition) is 3. The number of rotatable bonds is 2. The van der Waals surface area contributed by atoms with Gasteiger partial charge in [0.25, 0.3) is 10.1 Å². The first-order valence-electron chi connectivity index (χ1n) is 4.83. The first-order chi connectivity index (χ1) is 8.29. The maximum absolute atomic E-state index is 11.3. The molecule has 0 aliphatic heterocycles. The molecule has 0 bridgehead atoms. The van der Waals surface area contributed by atoms with Gasteiger partial charge in [-0.1, -0.05) is 0 Å². The number of nitrogens with two attached hydrogens (primary N) is 1. The lowest BCUT2D eigenvalue weighted by atomic mass is 10.0. The maximum atomic E-state index is 11.3. The van der Waals surface area contributed by atoms with Crippen LogP contribution in [0.25, 0.3) is 10.8 Å². The Balaban J connectivity index is 2.92. The fourth-order valence-corrected chi connectivity index (χ4v) is 2.23. The van der Waals surface area contributed by atoms with Gasteiger partial charge in [0.05, 0.1) is 4.90 Å². The molecule has 18 heavy (non-hydrogen) atoms. The quantitative estimate of drug-likeness (QED) is 0.698. The monoisotopic (exact) mass is 267 g/mol. The summed E-state index contributed by atoms with van der Waals surface area (Å²) in [5.74, 6) is -0.915. The van der Waals surface area contributed by atoms with Crippen LogP contribution in [0.1, 0.15) is 10.4 Å². The lowest BCUT2D eigenvalue weighted by Gasteiger charge is -2.06. The van der Waals surface area contributed by atoms with Crippen molar-refractivity contribution in [2.75, 3.05) is 0 Å². The normalized spacial score (nSPS) is 11.6. The molecule has 0 aromatic heterocycles. The second-order valence-electron chi connectivity index (χ2n) is 3.72. The number of aromatic hydroxyl groups is 1. The highest BCUT2D eigenvalue weighted by Gasteiger charge is 2.16. The predicted molar refractivity (Wildman–Crippen MR) is 63.9 cm³/mol. The smallest absolute Gasteiger partial charge is 0.294 e. The van der Waals surface area contributed by atoms with Crippen LogP contribution in [-0.2, 0) is 10.1 Å². The van der Waals surface area contributed by atoms with Crippen molar-refractivity contribution >= 4 is 26.8 Å². The van der Waals surface area contributed by atoms with E-state index in [-0.39, 0.29) is 11.3 Å². The predicted octanol–water partition coefficient (Wildman–Crippen LogP) is 0.891. The van der Waals surface area contributed by atoms with E-state index in [0.717, 1.165) is 12.1 Å². The van der Waals surface area contributed by atoms with E-state index in [9.17, 15) is 18.3 Å². The molecule has 2 aromatic carbocycles. The van der Waals surface area contributed by atoms with Gasteiger partial charge in [-0.2, -0.15) is 8.42 Å². The molecule has 0 aliphatic rings. The van der Waals surface area contributed by atoms with E-state index in [4.69, 9.17) is 10.3 Å². The molecule has 2 aromatic rings. The summed E-state index contributed by atoms with van der Waals surface area (Å²) in [4.78, 5) is 10.8. The Hall–Kier alpha value is -2.12. The van der Waals surface area contributed by atoms with Gasteiger partial charge in [-0.3, -0.25) is 9.35 Å². The van der Waals surface area contributed by atoms with Crippen molar-refractivity contribution in [3.05, 3.63) is 35.9 Å². The van der Waals surface area contributed by atoms with E-state index in [0.29, 0.717) is 10.8 Å². The van der Waals surface area contributed by atoms with Gasteiger partial charge in [0.15, 0.2) is 0 Å². The fraction of sp³-hybridized carbons (Fsp3) is 0. The van der Waals surface area contributed by atoms with Gasteiger partial charge in [-0.25, -0.2) is 0 Å². The van der Waals surface area contributed by atoms with Crippen LogP contribution in [0.15, 0.2) is 35.2 Å². The third-order valence-electron chi connectivity index (χ3n) is 2.47. The Bertz CT molecular complexity index is 751. The van der Waals surface area contributed by atoms with Crippen LogP contribution in [0.3, 0.4) is 0 Å². The van der Waals surface area contributed by atoms with Gasteiger partial charge < -0.3 is 10.8 Å². The molecular weight excluding hydrogens is 258 g/mol. The van der Waals surface area contributed by atoms with Crippen molar-refractivity contribution in [2.45, 2.75) is 4.90 Å². The highest BCUT2D eigenvalue weighted by Crippen LogP contribution is 2.26. The summed E-state index contributed by atoms with van der Waals surface area (Å²) in [6.45, 7) is 0. The van der Waals surface area contributed by atoms with Crippen LogP contribution < -0.4 is 5.73 Å². The van der Waals surface area contributed by atoms with Crippen molar-refractivity contribution in [1.29, 1.82) is 0 Å². The van der Waals surface area contributed by atoms with E-state index in [1.54, 1.807) is 0 Å². The Kier molecular flexibility index (Phi) is 2.72. The van der Waals surface area contributed by atoms with Gasteiger partial charge in [-0.05, 0) is 41.1 Å². The molecule has 0 spiro atoms. The van der Waals surface area contributed by atoms with Crippen LogP contribution in [0.5, 0.6) is 5.75 Å². The molecule has 6 nitrogen and oxygen atoms in total. The molecule has 1 amide bonds. The van der Waals surface area contributed by atoms with Gasteiger partial charge in [0, 0.05) is 5.56 Å². The van der Waals surface area contributed by atoms with E-state index in [2.05, 4.69) is 0 Å². The molecule has 0 aliphatic carbocycles. The van der Waals surface area contributed by atoms with E-state index in [1.807, 2.05) is 0 Å². The van der Waals surface area contributed by atoms with E-state index >= 15 is 0 Å². The molecule has 0 heterocycles. The summed E-state index contributed by atoms with van der Waals surface area (Å²) >= 11 is 0. The lowest BCUT2D eigenvalue weighted by molar-refractivity contribution is 0.100. The number of benzene rings is 2. The molecule has 4 N–H and O–H groups in total. The third kappa shape index (κ3) is 2.13. The SMILES string of the molecule is NC(=O)c1cc(S(=O)(=O)O)cc2cc(O)ccc12. The number of phenolic OH excluding ortho intramolecular Hbond substituents is 1. The van der Waals surface area contributed by atoms with Gasteiger partial charge in [0.2, 0.25) is 5.91 Å². The number of carbonyl (C=O) groups excluding carboxylic acids is 1. The second kappa shape index (κ2) is 3.97. The Morgan fingerprint density at radius 2 is 1.83 bits per heavy atom. The highest BCUT2D eigenvalue weighted by atomic mass is 32.2. The van der Waals surface area contributed by atoms with Crippen molar-refractivity contribution in [3.8, 4) is 5.75 Å². The molecule has 0 unspecified atom stereocenters. The largest absolute Gasteiger partial charge is 0.508 e. The summed E-state index contributed by atoms with van der Waals surface area (Å²) in [7, 11) is -4.45. The van der Waals surface area contributed by atoms with Crippen LogP contribution >= 0.6 is 0 Å². The van der Waals surface area contributed by atoms with Crippen molar-refractivity contribution in [1.82, 2.24) is 0 Å². The van der Waals surface area contributed by atoms with E-state index < -0.39 is 20.9 Å². The summed E-state index contributed by atoms with van der Waals surface area (Å²) in [6.07, 6.45) is 0. The van der Waals surface area contributed by atoms with Gasteiger partial charge >= 0.3 is 0 Å². The van der Waals surface area contributed by atoms with Crippen molar-refractivity contribution in [2.24, 2.45) is 5.73 Å². The standard InChI is InChI=1S/C11H9NO5S/c12-11(14)10-5-8(18(15,16)17)4-6-3-7(13)1-2-9(6)10/h1-5,13H,(H2,12,14)(H,15,16,17). The minimum Gasteiger partial charge on any atom is -0.508 e. The van der Waals surface area contributed by atoms with Gasteiger partial charge in [0.1, 0.15) is 5.75 Å². The Morgan fingerprint density at radius 1 is 1.17 bits per heavy atom. The average molecular weight is 267 g/mol. The fourth-order valence-electron chi connectivity index (χ4n) is 1.68. The number of fused-ring (bicyclic) bond motifs is 1. The van der Waals surface area contributed by atoms with Crippen LogP contribution in [0.4, 0.5) is 0 Å². The number of carbonyl (C=O) groups is 1. The highest BCUT2D eigenvalue weighted by molar-refractivity contribution is 7.85. The zero-order chi connectivity index (χ0) is 13.5. The van der Waals surface area contributed by atoms with E-state index in [1.165, 1.54) is 18.2 Å². The summed E-state index contributed by atoms with van der Waals surface area (Å²) in [5, 5.41) is 10.0. The van der Waals surface area contributed by atoms with Crippen molar-refractivity contribution in [3.63, 3.8) is 0 Å². The molecule has 0 radical (unpaired) electrons. The maximum Gasteiger partial charge on any atom is 0.294 e. The van der Waals surface area contributed by atoms with Crippen LogP contribution in [0.2, 0.25) is 0 Å². The number of phenols is 1. The Labute approximate surface area is 102 Å². The summed E-state index contributed by atoms with van der Waals surface area (Å²) < 4.78 is 31.1. The number of primary amides is 1. The van der Waals surface area contributed by atoms with Gasteiger partial charge in [-0.15, -0.1) is 0 Å². The van der Waals surface area contributed by atoms with Crippen LogP contribution in [0, 0.1) is 0 Å². The zero-order valence-electron chi connectivity index (χ0n) is 8.99. The molecule has 0 atom stereocenters. The van der Waals surface area contributed by atoms with Crippen molar-refractivity contribution < 1.29 is 22.9 Å². The Morgan fingerprint density at radius 3 is 2.39 bits per heavy atom. The summed E-state index contributed by atoms with van der Waals surface area (Å²) in [6, 6.07) is 6.21. The average Bonchev–Trinajstić information content (AvgIpc) is 2.25. The molecule has 0 saturated heterocycles. The molecule has 0 fully saturated rings. The minimum atomic E-state index is -4.45. The summed E-state index contributed by atoms with van der Waals surface area (Å²) in [5.41, 5.74) is 5.11. The number of hydrogen-bond acceptors (Lipinski definition) is 4. The first kappa shape index (κ1) is 12.3. The third-order valence-corrected chi connectivity index (χ3v) is 3.30. The van der Waals surface area contributed by atoms with Crippen LogP contribution in [-0.4, -0.2) is 24.0 Å². The number of amides is 1.